The first kappa shape index (κ1) is 14.9. The van der Waals surface area contributed by atoms with E-state index < -0.39 is 10.0 Å². The summed E-state index contributed by atoms with van der Waals surface area (Å²) in [5, 5.41) is 3.22. The van der Waals surface area contributed by atoms with Gasteiger partial charge >= 0.3 is 0 Å². The lowest BCUT2D eigenvalue weighted by Crippen LogP contribution is -2.42. The molecule has 1 aromatic rings. The normalized spacial score (nSPS) is 20.1. The van der Waals surface area contributed by atoms with Gasteiger partial charge in [0.15, 0.2) is 0 Å². The summed E-state index contributed by atoms with van der Waals surface area (Å²) in [7, 11) is -3.47. The van der Waals surface area contributed by atoms with Crippen molar-refractivity contribution < 1.29 is 8.42 Å². The molecule has 0 aromatic carbocycles. The lowest BCUT2D eigenvalue weighted by atomic mass is 10.2. The molecule has 0 spiro atoms. The van der Waals surface area contributed by atoms with E-state index in [0.717, 1.165) is 25.9 Å². The van der Waals surface area contributed by atoms with Crippen molar-refractivity contribution >= 4 is 26.0 Å². The van der Waals surface area contributed by atoms with Crippen LogP contribution in [0.15, 0.2) is 27.8 Å². The summed E-state index contributed by atoms with van der Waals surface area (Å²) in [4.78, 5) is 4.20. The molecule has 1 unspecified atom stereocenters. The van der Waals surface area contributed by atoms with Crippen molar-refractivity contribution in [3.05, 3.63) is 22.9 Å². The molecule has 0 bridgehead atoms. The smallest absolute Gasteiger partial charge is 0.244 e. The van der Waals surface area contributed by atoms with Crippen LogP contribution in [0, 0.1) is 0 Å². The van der Waals surface area contributed by atoms with Crippen LogP contribution in [0.4, 0.5) is 0 Å². The number of halogens is 1. The van der Waals surface area contributed by atoms with Crippen LogP contribution in [0.3, 0.4) is 0 Å². The molecular weight excluding hydrogens is 330 g/mol. The molecule has 5 nitrogen and oxygen atoms in total. The first-order valence-electron chi connectivity index (χ1n) is 6.39. The van der Waals surface area contributed by atoms with E-state index in [9.17, 15) is 8.42 Å². The van der Waals surface area contributed by atoms with Crippen LogP contribution in [-0.2, 0) is 10.0 Å². The highest BCUT2D eigenvalue weighted by atomic mass is 79.9. The van der Waals surface area contributed by atoms with Crippen LogP contribution >= 0.6 is 15.9 Å². The van der Waals surface area contributed by atoms with E-state index in [1.165, 1.54) is 6.20 Å². The number of rotatable bonds is 5. The molecule has 1 saturated heterocycles. The highest BCUT2D eigenvalue weighted by molar-refractivity contribution is 9.10. The molecule has 1 N–H and O–H groups in total. The maximum Gasteiger partial charge on any atom is 0.244 e. The molecule has 1 aliphatic rings. The number of hydrogen-bond donors (Lipinski definition) is 1. The average molecular weight is 348 g/mol. The van der Waals surface area contributed by atoms with E-state index in [1.54, 1.807) is 16.6 Å². The zero-order valence-corrected chi connectivity index (χ0v) is 13.2. The summed E-state index contributed by atoms with van der Waals surface area (Å²) in [6, 6.07) is 1.65. The van der Waals surface area contributed by atoms with Crippen LogP contribution in [-0.4, -0.2) is 43.4 Å². The number of nitrogens with zero attached hydrogens (tertiary/aromatic N) is 2. The summed E-state index contributed by atoms with van der Waals surface area (Å²) in [5.74, 6) is 0. The van der Waals surface area contributed by atoms with Crippen LogP contribution in [0.2, 0.25) is 0 Å². The largest absolute Gasteiger partial charge is 0.315 e. The number of nitrogens with one attached hydrogen (secondary N) is 1. The summed E-state index contributed by atoms with van der Waals surface area (Å²) in [5.41, 5.74) is 0. The second kappa shape index (κ2) is 6.30. The van der Waals surface area contributed by atoms with E-state index in [-0.39, 0.29) is 10.9 Å². The van der Waals surface area contributed by atoms with Gasteiger partial charge in [0.25, 0.3) is 0 Å². The Morgan fingerprint density at radius 1 is 1.53 bits per heavy atom. The van der Waals surface area contributed by atoms with E-state index in [4.69, 9.17) is 0 Å². The minimum atomic E-state index is -3.47. The molecule has 1 fully saturated rings. The molecule has 0 aliphatic carbocycles. The Morgan fingerprint density at radius 3 is 2.89 bits per heavy atom. The van der Waals surface area contributed by atoms with Gasteiger partial charge in [-0.2, -0.15) is 4.31 Å². The number of pyridine rings is 1. The van der Waals surface area contributed by atoms with Gasteiger partial charge in [-0.15, -0.1) is 0 Å². The number of hydrogen-bond acceptors (Lipinski definition) is 4. The topological polar surface area (TPSA) is 62.3 Å². The van der Waals surface area contributed by atoms with Crippen LogP contribution in [0.1, 0.15) is 19.8 Å². The van der Waals surface area contributed by atoms with Gasteiger partial charge in [0.1, 0.15) is 4.90 Å². The zero-order chi connectivity index (χ0) is 13.9. The van der Waals surface area contributed by atoms with Crippen molar-refractivity contribution in [1.29, 1.82) is 0 Å². The Labute approximate surface area is 122 Å². The molecule has 19 heavy (non-hydrogen) atoms. The Hall–Kier alpha value is -0.500. The minimum Gasteiger partial charge on any atom is -0.315 e. The first-order valence-corrected chi connectivity index (χ1v) is 8.62. The summed E-state index contributed by atoms with van der Waals surface area (Å²) < 4.78 is 27.7. The fraction of sp³-hybridized carbons (Fsp3) is 0.583. The third-order valence-corrected chi connectivity index (χ3v) is 5.52. The molecule has 0 amide bonds. The summed E-state index contributed by atoms with van der Waals surface area (Å²) in [6.07, 6.45) is 4.66. The maximum atomic E-state index is 12.7. The Bertz CT molecular complexity index is 530. The number of aromatic nitrogens is 1. The summed E-state index contributed by atoms with van der Waals surface area (Å²) in [6.45, 7) is 4.13. The number of sulfonamides is 1. The fourth-order valence-electron chi connectivity index (χ4n) is 2.27. The van der Waals surface area contributed by atoms with Crippen molar-refractivity contribution in [3.63, 3.8) is 0 Å². The fourth-order valence-corrected chi connectivity index (χ4v) is 4.53. The Kier molecular flexibility index (Phi) is 4.94. The SMILES string of the molecule is CCCN(C1CCNC1)S(=O)(=O)c1cncc(Br)c1. The molecule has 0 radical (unpaired) electrons. The van der Waals surface area contributed by atoms with Gasteiger partial charge in [-0.3, -0.25) is 4.98 Å². The van der Waals surface area contributed by atoms with Gasteiger partial charge in [0.2, 0.25) is 10.0 Å². The Balaban J connectivity index is 2.33. The first-order chi connectivity index (χ1) is 9.05. The quantitative estimate of drug-likeness (QED) is 0.878. The molecule has 2 heterocycles. The average Bonchev–Trinajstić information content (AvgIpc) is 2.89. The van der Waals surface area contributed by atoms with Gasteiger partial charge in [-0.1, -0.05) is 6.92 Å². The van der Waals surface area contributed by atoms with Gasteiger partial charge in [-0.25, -0.2) is 8.42 Å². The van der Waals surface area contributed by atoms with Crippen molar-refractivity contribution in [2.45, 2.75) is 30.7 Å². The molecule has 7 heteroatoms. The van der Waals surface area contributed by atoms with Crippen molar-refractivity contribution in [1.82, 2.24) is 14.6 Å². The lowest BCUT2D eigenvalue weighted by Gasteiger charge is -2.27. The van der Waals surface area contributed by atoms with Crippen LogP contribution < -0.4 is 5.32 Å². The third-order valence-electron chi connectivity index (χ3n) is 3.17. The van der Waals surface area contributed by atoms with E-state index in [0.29, 0.717) is 11.0 Å². The second-order valence-electron chi connectivity index (χ2n) is 4.60. The van der Waals surface area contributed by atoms with Crippen LogP contribution in [0.25, 0.3) is 0 Å². The van der Waals surface area contributed by atoms with E-state index in [2.05, 4.69) is 26.2 Å². The van der Waals surface area contributed by atoms with Gasteiger partial charge in [0.05, 0.1) is 0 Å². The molecular formula is C12H18BrN3O2S. The highest BCUT2D eigenvalue weighted by Gasteiger charge is 2.32. The molecule has 1 aliphatic heterocycles. The van der Waals surface area contributed by atoms with Gasteiger partial charge < -0.3 is 5.32 Å². The standard InChI is InChI=1S/C12H18BrN3O2S/c1-2-5-16(11-3-4-14-8-11)19(17,18)12-6-10(13)7-15-9-12/h6-7,9,11,14H,2-5,8H2,1H3. The van der Waals surface area contributed by atoms with Crippen molar-refractivity contribution in [2.75, 3.05) is 19.6 Å². The van der Waals surface area contributed by atoms with Gasteiger partial charge in [0, 0.05) is 36.0 Å². The highest BCUT2D eigenvalue weighted by Crippen LogP contribution is 2.23. The molecule has 0 saturated carbocycles. The van der Waals surface area contributed by atoms with Crippen molar-refractivity contribution in [3.8, 4) is 0 Å². The van der Waals surface area contributed by atoms with Crippen molar-refractivity contribution in [2.24, 2.45) is 0 Å². The third kappa shape index (κ3) is 3.34. The van der Waals surface area contributed by atoms with Crippen LogP contribution in [0.5, 0.6) is 0 Å². The zero-order valence-electron chi connectivity index (χ0n) is 10.8. The Morgan fingerprint density at radius 2 is 2.32 bits per heavy atom. The summed E-state index contributed by atoms with van der Waals surface area (Å²) >= 11 is 3.27. The minimum absolute atomic E-state index is 0.0453. The molecule has 1 atom stereocenters. The monoisotopic (exact) mass is 347 g/mol. The van der Waals surface area contributed by atoms with E-state index >= 15 is 0 Å². The molecule has 2 rings (SSSR count). The lowest BCUT2D eigenvalue weighted by molar-refractivity contribution is 0.335. The second-order valence-corrected chi connectivity index (χ2v) is 7.41. The molecule has 106 valence electrons. The molecule has 1 aromatic heterocycles. The van der Waals surface area contributed by atoms with E-state index in [1.807, 2.05) is 6.92 Å². The predicted octanol–water partition coefficient (Wildman–Crippen LogP) is 1.61. The maximum absolute atomic E-state index is 12.7. The van der Waals surface area contributed by atoms with Gasteiger partial charge in [-0.05, 0) is 41.4 Å². The predicted molar refractivity (Wildman–Crippen MR) is 77.4 cm³/mol.